The smallest absolute Gasteiger partial charge is 0.353 e. The molecule has 2 N–H and O–H groups in total. The molecule has 0 aliphatic heterocycles. The second-order valence-corrected chi connectivity index (χ2v) is 6.25. The van der Waals surface area contributed by atoms with Crippen molar-refractivity contribution in [2.45, 2.75) is 6.54 Å². The summed E-state index contributed by atoms with van der Waals surface area (Å²) in [6, 6.07) is 10.4. The molecule has 0 radical (unpaired) electrons. The van der Waals surface area contributed by atoms with Gasteiger partial charge in [0.15, 0.2) is 0 Å². The van der Waals surface area contributed by atoms with E-state index in [1.807, 2.05) is 0 Å². The number of nitrogens with one attached hydrogen (secondary N) is 2. The van der Waals surface area contributed by atoms with Crippen LogP contribution in [0.4, 0.5) is 27.4 Å². The molecule has 0 bridgehead atoms. The number of hydrogen-bond acceptors (Lipinski definition) is 6. The van der Waals surface area contributed by atoms with Gasteiger partial charge in [0.05, 0.1) is 15.6 Å². The van der Waals surface area contributed by atoms with Gasteiger partial charge in [0, 0.05) is 11.6 Å². The monoisotopic (exact) mass is 407 g/mol. The second-order valence-electron chi connectivity index (χ2n) is 5.41. The SMILES string of the molecule is O=[N+]([O-])c1c(NCc2ccc(F)cc2)ncnc1Nc1ccc(Cl)cc1Cl. The number of rotatable bonds is 6. The first-order valence-corrected chi connectivity index (χ1v) is 8.39. The van der Waals surface area contributed by atoms with Gasteiger partial charge in [-0.3, -0.25) is 10.1 Å². The van der Waals surface area contributed by atoms with Crippen molar-refractivity contribution < 1.29 is 9.31 Å². The summed E-state index contributed by atoms with van der Waals surface area (Å²) in [5, 5.41) is 18.0. The van der Waals surface area contributed by atoms with Crippen molar-refractivity contribution in [2.75, 3.05) is 10.6 Å². The van der Waals surface area contributed by atoms with Crippen molar-refractivity contribution in [3.63, 3.8) is 0 Å². The average molecular weight is 408 g/mol. The van der Waals surface area contributed by atoms with E-state index in [2.05, 4.69) is 20.6 Å². The van der Waals surface area contributed by atoms with Crippen LogP contribution in [0.2, 0.25) is 10.0 Å². The Balaban J connectivity index is 1.87. The molecular formula is C17H12Cl2FN5O2. The van der Waals surface area contributed by atoms with Gasteiger partial charge in [-0.2, -0.15) is 0 Å². The topological polar surface area (TPSA) is 93.0 Å². The molecule has 138 valence electrons. The Morgan fingerprint density at radius 2 is 1.78 bits per heavy atom. The zero-order valence-corrected chi connectivity index (χ0v) is 15.1. The number of aromatic nitrogens is 2. The maximum Gasteiger partial charge on any atom is 0.353 e. The van der Waals surface area contributed by atoms with Crippen molar-refractivity contribution in [1.82, 2.24) is 9.97 Å². The number of hydrogen-bond donors (Lipinski definition) is 2. The number of halogens is 3. The van der Waals surface area contributed by atoms with E-state index >= 15 is 0 Å². The standard InChI is InChI=1S/C17H12Cl2FN5O2/c18-11-3-6-14(13(19)7-11)24-17-15(25(26)27)16(22-9-23-17)21-8-10-1-4-12(20)5-2-10/h1-7,9H,8H2,(H2,21,22,23,24). The molecule has 3 rings (SSSR count). The number of anilines is 3. The molecule has 7 nitrogen and oxygen atoms in total. The highest BCUT2D eigenvalue weighted by Gasteiger charge is 2.23. The lowest BCUT2D eigenvalue weighted by Crippen LogP contribution is -2.08. The first kappa shape index (κ1) is 18.8. The summed E-state index contributed by atoms with van der Waals surface area (Å²) in [5.74, 6) is -0.370. The van der Waals surface area contributed by atoms with Gasteiger partial charge in [-0.25, -0.2) is 14.4 Å². The van der Waals surface area contributed by atoms with Crippen LogP contribution in [0.3, 0.4) is 0 Å². The van der Waals surface area contributed by atoms with Crippen LogP contribution >= 0.6 is 23.2 Å². The third-order valence-corrected chi connectivity index (χ3v) is 4.11. The number of nitrogens with zero attached hydrogens (tertiary/aromatic N) is 3. The van der Waals surface area contributed by atoms with E-state index in [9.17, 15) is 14.5 Å². The molecule has 27 heavy (non-hydrogen) atoms. The van der Waals surface area contributed by atoms with Gasteiger partial charge in [-0.1, -0.05) is 35.3 Å². The van der Waals surface area contributed by atoms with Crippen molar-refractivity contribution in [2.24, 2.45) is 0 Å². The van der Waals surface area contributed by atoms with Gasteiger partial charge in [0.25, 0.3) is 0 Å². The Labute approximate surface area is 163 Å². The summed E-state index contributed by atoms with van der Waals surface area (Å²) in [6.07, 6.45) is 1.19. The normalized spacial score (nSPS) is 10.5. The van der Waals surface area contributed by atoms with E-state index in [0.29, 0.717) is 10.7 Å². The largest absolute Gasteiger partial charge is 0.360 e. The van der Waals surface area contributed by atoms with Crippen molar-refractivity contribution in [3.8, 4) is 0 Å². The summed E-state index contributed by atoms with van der Waals surface area (Å²) in [5.41, 5.74) is 0.803. The van der Waals surface area contributed by atoms with Gasteiger partial charge in [-0.05, 0) is 35.9 Å². The minimum atomic E-state index is -0.598. The molecule has 0 fully saturated rings. The molecule has 1 aromatic heterocycles. The summed E-state index contributed by atoms with van der Waals surface area (Å²) in [6.45, 7) is 0.222. The molecular weight excluding hydrogens is 396 g/mol. The summed E-state index contributed by atoms with van der Waals surface area (Å²) >= 11 is 12.0. The predicted molar refractivity (Wildman–Crippen MR) is 102 cm³/mol. The van der Waals surface area contributed by atoms with Crippen molar-refractivity contribution >= 4 is 46.2 Å². The predicted octanol–water partition coefficient (Wildman–Crippen LogP) is 5.19. The van der Waals surface area contributed by atoms with Crippen LogP contribution in [-0.2, 0) is 6.54 Å². The minimum Gasteiger partial charge on any atom is -0.360 e. The van der Waals surface area contributed by atoms with Gasteiger partial charge in [0.2, 0.25) is 11.6 Å². The quantitative estimate of drug-likeness (QED) is 0.431. The molecule has 0 atom stereocenters. The van der Waals surface area contributed by atoms with Crippen LogP contribution in [0.1, 0.15) is 5.56 Å². The molecule has 3 aromatic rings. The second kappa shape index (κ2) is 8.15. The molecule has 0 aliphatic carbocycles. The van der Waals surface area contributed by atoms with Crippen LogP contribution < -0.4 is 10.6 Å². The summed E-state index contributed by atoms with van der Waals surface area (Å²) in [4.78, 5) is 18.9. The third-order valence-electron chi connectivity index (χ3n) is 3.56. The van der Waals surface area contributed by atoms with Crippen LogP contribution in [-0.4, -0.2) is 14.9 Å². The van der Waals surface area contributed by atoms with E-state index in [1.54, 1.807) is 24.3 Å². The molecule has 0 spiro atoms. The van der Waals surface area contributed by atoms with Crippen molar-refractivity contribution in [3.05, 3.63) is 80.3 Å². The highest BCUT2D eigenvalue weighted by atomic mass is 35.5. The number of nitro groups is 1. The van der Waals surface area contributed by atoms with E-state index in [4.69, 9.17) is 23.2 Å². The lowest BCUT2D eigenvalue weighted by atomic mass is 10.2. The molecule has 0 saturated carbocycles. The molecule has 10 heteroatoms. The van der Waals surface area contributed by atoms with Crippen molar-refractivity contribution in [1.29, 1.82) is 0 Å². The van der Waals surface area contributed by atoms with Gasteiger partial charge < -0.3 is 10.6 Å². The lowest BCUT2D eigenvalue weighted by molar-refractivity contribution is -0.383. The first-order chi connectivity index (χ1) is 12.9. The maximum atomic E-state index is 13.0. The Morgan fingerprint density at radius 3 is 2.44 bits per heavy atom. The Kier molecular flexibility index (Phi) is 5.68. The van der Waals surface area contributed by atoms with Gasteiger partial charge in [-0.15, -0.1) is 0 Å². The zero-order valence-electron chi connectivity index (χ0n) is 13.6. The highest BCUT2D eigenvalue weighted by molar-refractivity contribution is 6.36. The fraction of sp³-hybridized carbons (Fsp3) is 0.0588. The highest BCUT2D eigenvalue weighted by Crippen LogP contribution is 2.34. The minimum absolute atomic E-state index is 0.0203. The van der Waals surface area contributed by atoms with Crippen LogP contribution in [0, 0.1) is 15.9 Å². The van der Waals surface area contributed by atoms with E-state index in [1.165, 1.54) is 24.5 Å². The summed E-state index contributed by atoms with van der Waals surface area (Å²) < 4.78 is 13.0. The van der Waals surface area contributed by atoms with Crippen LogP contribution in [0.25, 0.3) is 0 Å². The van der Waals surface area contributed by atoms with E-state index in [-0.39, 0.29) is 34.7 Å². The fourth-order valence-corrected chi connectivity index (χ4v) is 2.73. The third kappa shape index (κ3) is 4.60. The molecule has 0 saturated heterocycles. The van der Waals surface area contributed by atoms with Crippen LogP contribution in [0.5, 0.6) is 0 Å². The number of benzene rings is 2. The molecule has 2 aromatic carbocycles. The molecule has 0 aliphatic rings. The Hall–Kier alpha value is -2.97. The molecule has 1 heterocycles. The van der Waals surface area contributed by atoms with Gasteiger partial charge in [0.1, 0.15) is 12.1 Å². The molecule has 0 unspecified atom stereocenters. The fourth-order valence-electron chi connectivity index (χ4n) is 2.28. The summed E-state index contributed by atoms with van der Waals surface area (Å²) in [7, 11) is 0. The first-order valence-electron chi connectivity index (χ1n) is 7.64. The Morgan fingerprint density at radius 1 is 1.07 bits per heavy atom. The van der Waals surface area contributed by atoms with Crippen LogP contribution in [0.15, 0.2) is 48.8 Å². The van der Waals surface area contributed by atoms with Gasteiger partial charge >= 0.3 is 5.69 Å². The van der Waals surface area contributed by atoms with E-state index in [0.717, 1.165) is 5.56 Å². The lowest BCUT2D eigenvalue weighted by Gasteiger charge is -2.11. The molecule has 0 amide bonds. The zero-order chi connectivity index (χ0) is 19.4. The van der Waals surface area contributed by atoms with E-state index < -0.39 is 4.92 Å². The Bertz CT molecular complexity index is 986. The average Bonchev–Trinajstić information content (AvgIpc) is 2.63. The maximum absolute atomic E-state index is 13.0.